The third-order valence-corrected chi connectivity index (χ3v) is 5.42. The van der Waals surface area contributed by atoms with Crippen LogP contribution >= 0.6 is 0 Å². The number of hydrogen-bond acceptors (Lipinski definition) is 6. The molecule has 1 aromatic heterocycles. The van der Waals surface area contributed by atoms with Crippen molar-refractivity contribution in [3.63, 3.8) is 0 Å². The Balaban J connectivity index is 1.55. The van der Waals surface area contributed by atoms with E-state index in [4.69, 9.17) is 0 Å². The highest BCUT2D eigenvalue weighted by Crippen LogP contribution is 2.31. The minimum Gasteiger partial charge on any atom is -0.311 e. The fraction of sp³-hybridized carbons (Fsp3) is 0.217. The molecule has 3 N–H and O–H groups in total. The molecule has 3 amide bonds. The summed E-state index contributed by atoms with van der Waals surface area (Å²) in [5.41, 5.74) is 10.8. The lowest BCUT2D eigenvalue weighted by Gasteiger charge is -2.22. The summed E-state index contributed by atoms with van der Waals surface area (Å²) in [4.78, 5) is 43.1. The molecular weight excluding hydrogens is 394 g/mol. The van der Waals surface area contributed by atoms with E-state index in [1.807, 2.05) is 26.0 Å². The Kier molecular flexibility index (Phi) is 5.06. The van der Waals surface area contributed by atoms with Crippen molar-refractivity contribution in [3.8, 4) is 0 Å². The standard InChI is InChI=1S/C23H23N5O3/c1-12-8-16(20-17(9-12)22(30)28(4)23(20)31)14(3)21(29)25-19-6-5-18(26-27-19)15-7-13(2)10-24-11-15/h5-11,14,26-27H,1-4H3,(H,25,29)/t14-/m0/s1. The van der Waals surface area contributed by atoms with Crippen LogP contribution in [0.5, 0.6) is 0 Å². The van der Waals surface area contributed by atoms with E-state index >= 15 is 0 Å². The number of aryl methyl sites for hydroxylation is 2. The maximum Gasteiger partial charge on any atom is 0.261 e. The number of aromatic nitrogens is 1. The average Bonchev–Trinajstić information content (AvgIpc) is 2.97. The van der Waals surface area contributed by atoms with Crippen molar-refractivity contribution >= 4 is 23.4 Å². The predicted molar refractivity (Wildman–Crippen MR) is 115 cm³/mol. The first-order valence-electron chi connectivity index (χ1n) is 9.90. The first kappa shape index (κ1) is 20.3. The number of nitrogens with one attached hydrogen (secondary N) is 3. The second kappa shape index (κ2) is 7.71. The van der Waals surface area contributed by atoms with E-state index in [-0.39, 0.29) is 17.7 Å². The van der Waals surface area contributed by atoms with Gasteiger partial charge in [-0.05, 0) is 61.7 Å². The van der Waals surface area contributed by atoms with E-state index in [0.29, 0.717) is 22.5 Å². The van der Waals surface area contributed by atoms with Crippen molar-refractivity contribution in [3.05, 3.63) is 81.9 Å². The van der Waals surface area contributed by atoms with Gasteiger partial charge in [-0.1, -0.05) is 6.07 Å². The van der Waals surface area contributed by atoms with Gasteiger partial charge in [0.15, 0.2) is 0 Å². The Morgan fingerprint density at radius 2 is 1.81 bits per heavy atom. The highest BCUT2D eigenvalue weighted by Gasteiger charge is 2.37. The number of carbonyl (C=O) groups excluding carboxylic acids is 3. The summed E-state index contributed by atoms with van der Waals surface area (Å²) >= 11 is 0. The molecule has 31 heavy (non-hydrogen) atoms. The molecule has 0 radical (unpaired) electrons. The van der Waals surface area contributed by atoms with E-state index in [1.165, 1.54) is 7.05 Å². The Labute approximate surface area is 180 Å². The van der Waals surface area contributed by atoms with Gasteiger partial charge in [-0.25, -0.2) is 0 Å². The summed E-state index contributed by atoms with van der Waals surface area (Å²) < 4.78 is 0. The van der Waals surface area contributed by atoms with E-state index in [9.17, 15) is 14.4 Å². The van der Waals surface area contributed by atoms with E-state index in [2.05, 4.69) is 21.2 Å². The highest BCUT2D eigenvalue weighted by atomic mass is 16.2. The molecule has 1 atom stereocenters. The Hall–Kier alpha value is -3.94. The zero-order chi connectivity index (χ0) is 22.3. The molecule has 8 heteroatoms. The van der Waals surface area contributed by atoms with E-state index in [1.54, 1.807) is 37.5 Å². The molecule has 0 saturated heterocycles. The molecule has 158 valence electrons. The van der Waals surface area contributed by atoms with Crippen molar-refractivity contribution in [2.24, 2.45) is 0 Å². The first-order chi connectivity index (χ1) is 14.8. The van der Waals surface area contributed by atoms with Crippen LogP contribution in [0.1, 0.15) is 55.8 Å². The molecule has 8 nitrogen and oxygen atoms in total. The van der Waals surface area contributed by atoms with Crippen LogP contribution in [-0.2, 0) is 4.79 Å². The number of carbonyl (C=O) groups is 3. The van der Waals surface area contributed by atoms with Crippen LogP contribution in [0.3, 0.4) is 0 Å². The van der Waals surface area contributed by atoms with Gasteiger partial charge in [0.1, 0.15) is 5.82 Å². The SMILES string of the molecule is Cc1cncc(C2=CC=C(NC(=O)[C@@H](C)c3cc(C)cc4c3C(=O)N(C)C4=O)NN2)c1. The molecule has 0 fully saturated rings. The number of rotatable bonds is 4. The fourth-order valence-electron chi connectivity index (χ4n) is 3.71. The quantitative estimate of drug-likeness (QED) is 0.659. The van der Waals surface area contributed by atoms with Gasteiger partial charge in [0.25, 0.3) is 11.8 Å². The summed E-state index contributed by atoms with van der Waals surface area (Å²) in [5, 5.41) is 2.83. The average molecular weight is 417 g/mol. The smallest absolute Gasteiger partial charge is 0.261 e. The van der Waals surface area contributed by atoms with Gasteiger partial charge in [-0.3, -0.25) is 35.1 Å². The van der Waals surface area contributed by atoms with Gasteiger partial charge in [-0.2, -0.15) is 0 Å². The van der Waals surface area contributed by atoms with E-state index < -0.39 is 5.92 Å². The van der Waals surface area contributed by atoms with E-state index in [0.717, 1.165) is 27.3 Å². The van der Waals surface area contributed by atoms with Crippen LogP contribution in [0, 0.1) is 13.8 Å². The van der Waals surface area contributed by atoms with Crippen molar-refractivity contribution in [2.45, 2.75) is 26.7 Å². The van der Waals surface area contributed by atoms with Gasteiger partial charge in [0.2, 0.25) is 5.91 Å². The molecule has 2 aliphatic rings. The van der Waals surface area contributed by atoms with Crippen LogP contribution in [0.2, 0.25) is 0 Å². The van der Waals surface area contributed by atoms with Crippen LogP contribution in [0.15, 0.2) is 48.6 Å². The number of benzene rings is 1. The summed E-state index contributed by atoms with van der Waals surface area (Å²) in [5.74, 6) is -1.18. The predicted octanol–water partition coefficient (Wildman–Crippen LogP) is 2.13. The van der Waals surface area contributed by atoms with Crippen molar-refractivity contribution in [1.82, 2.24) is 26.1 Å². The second-order valence-electron chi connectivity index (χ2n) is 7.82. The van der Waals surface area contributed by atoms with Gasteiger partial charge < -0.3 is 5.32 Å². The molecule has 2 aromatic rings. The number of hydrogen-bond donors (Lipinski definition) is 3. The molecular formula is C23H23N5O3. The maximum absolute atomic E-state index is 12.9. The molecule has 0 spiro atoms. The van der Waals surface area contributed by atoms with Crippen LogP contribution in [0.25, 0.3) is 5.70 Å². The number of amides is 3. The molecule has 0 saturated carbocycles. The second-order valence-corrected chi connectivity index (χ2v) is 7.82. The molecule has 0 aliphatic carbocycles. The number of nitrogens with zero attached hydrogens (tertiary/aromatic N) is 2. The number of hydrazine groups is 1. The molecule has 1 aromatic carbocycles. The monoisotopic (exact) mass is 417 g/mol. The largest absolute Gasteiger partial charge is 0.311 e. The lowest BCUT2D eigenvalue weighted by molar-refractivity contribution is -0.121. The van der Waals surface area contributed by atoms with Crippen LogP contribution < -0.4 is 16.2 Å². The molecule has 0 unspecified atom stereocenters. The third-order valence-electron chi connectivity index (χ3n) is 5.42. The Morgan fingerprint density at radius 1 is 1.03 bits per heavy atom. The number of fused-ring (bicyclic) bond motifs is 1. The number of pyridine rings is 1. The number of imide groups is 1. The fourth-order valence-corrected chi connectivity index (χ4v) is 3.71. The summed E-state index contributed by atoms with van der Waals surface area (Å²) in [6, 6.07) is 5.48. The zero-order valence-corrected chi connectivity index (χ0v) is 17.7. The molecule has 4 rings (SSSR count). The van der Waals surface area contributed by atoms with Crippen molar-refractivity contribution in [1.29, 1.82) is 0 Å². The summed E-state index contributed by atoms with van der Waals surface area (Å²) in [6.45, 7) is 5.53. The Morgan fingerprint density at radius 3 is 2.48 bits per heavy atom. The Bertz CT molecular complexity index is 1180. The first-order valence-corrected chi connectivity index (χ1v) is 9.90. The molecule has 2 aliphatic heterocycles. The van der Waals surface area contributed by atoms with Gasteiger partial charge in [0, 0.05) is 25.0 Å². The normalized spacial score (nSPS) is 16.1. The van der Waals surface area contributed by atoms with Crippen LogP contribution in [0.4, 0.5) is 0 Å². The molecule has 0 bridgehead atoms. The van der Waals surface area contributed by atoms with Crippen LogP contribution in [-0.4, -0.2) is 34.7 Å². The highest BCUT2D eigenvalue weighted by molar-refractivity contribution is 6.22. The minimum absolute atomic E-state index is 0.294. The maximum atomic E-state index is 12.9. The van der Waals surface area contributed by atoms with Crippen molar-refractivity contribution in [2.75, 3.05) is 7.05 Å². The van der Waals surface area contributed by atoms with Gasteiger partial charge in [0.05, 0.1) is 22.7 Å². The topological polar surface area (TPSA) is 103 Å². The lowest BCUT2D eigenvalue weighted by atomic mass is 9.90. The zero-order valence-electron chi connectivity index (χ0n) is 17.7. The lowest BCUT2D eigenvalue weighted by Crippen LogP contribution is -2.41. The van der Waals surface area contributed by atoms with Gasteiger partial charge >= 0.3 is 0 Å². The van der Waals surface area contributed by atoms with Crippen molar-refractivity contribution < 1.29 is 14.4 Å². The third kappa shape index (κ3) is 3.68. The summed E-state index contributed by atoms with van der Waals surface area (Å²) in [7, 11) is 1.45. The number of allylic oxidation sites excluding steroid dienone is 2. The van der Waals surface area contributed by atoms with Gasteiger partial charge in [-0.15, -0.1) is 0 Å². The molecule has 3 heterocycles. The summed E-state index contributed by atoms with van der Waals surface area (Å²) in [6.07, 6.45) is 7.12. The minimum atomic E-state index is -0.633.